The number of rotatable bonds is 13. The van der Waals surface area contributed by atoms with Crippen molar-refractivity contribution in [2.24, 2.45) is 11.8 Å². The SMILES string of the molecule is CCCCC(CC)CN(CC(CC)CCCC)c1cc2scc(Br)c2s1. The van der Waals surface area contributed by atoms with Crippen molar-refractivity contribution in [1.29, 1.82) is 0 Å². The summed E-state index contributed by atoms with van der Waals surface area (Å²) in [5.74, 6) is 1.64. The Kier molecular flexibility index (Phi) is 10.0. The normalized spacial score (nSPS) is 14.0. The maximum Gasteiger partial charge on any atom is 0.0930 e. The highest BCUT2D eigenvalue weighted by Crippen LogP contribution is 2.41. The summed E-state index contributed by atoms with van der Waals surface area (Å²) < 4.78 is 4.13. The molecule has 2 rings (SSSR count). The molecule has 148 valence electrons. The predicted octanol–water partition coefficient (Wildman–Crippen LogP) is 8.96. The summed E-state index contributed by atoms with van der Waals surface area (Å²) in [7, 11) is 0. The van der Waals surface area contributed by atoms with Gasteiger partial charge in [-0.15, -0.1) is 22.7 Å². The van der Waals surface area contributed by atoms with Crippen LogP contribution in [0.5, 0.6) is 0 Å². The number of unbranched alkanes of at least 4 members (excludes halogenated alkanes) is 2. The molecular weight excluding hydrogens is 422 g/mol. The van der Waals surface area contributed by atoms with Gasteiger partial charge < -0.3 is 4.90 Å². The second kappa shape index (κ2) is 11.7. The van der Waals surface area contributed by atoms with Crippen LogP contribution in [0.2, 0.25) is 0 Å². The zero-order valence-corrected chi connectivity index (χ0v) is 20.2. The van der Waals surface area contributed by atoms with Gasteiger partial charge in [0.15, 0.2) is 0 Å². The summed E-state index contributed by atoms with van der Waals surface area (Å²) in [6, 6.07) is 2.44. The van der Waals surface area contributed by atoms with E-state index in [9.17, 15) is 0 Å². The highest BCUT2D eigenvalue weighted by molar-refractivity contribution is 9.10. The first-order valence-electron chi connectivity index (χ1n) is 10.5. The van der Waals surface area contributed by atoms with Crippen molar-refractivity contribution < 1.29 is 0 Å². The lowest BCUT2D eigenvalue weighted by molar-refractivity contribution is 0.404. The number of hydrogen-bond acceptors (Lipinski definition) is 3. The molecule has 0 saturated heterocycles. The van der Waals surface area contributed by atoms with E-state index < -0.39 is 0 Å². The van der Waals surface area contributed by atoms with Gasteiger partial charge in [0.25, 0.3) is 0 Å². The second-order valence-corrected chi connectivity index (χ2v) is 10.4. The fraction of sp³-hybridized carbons (Fsp3) is 0.727. The topological polar surface area (TPSA) is 3.24 Å². The highest BCUT2D eigenvalue weighted by atomic mass is 79.9. The van der Waals surface area contributed by atoms with Gasteiger partial charge in [-0.3, -0.25) is 0 Å². The highest BCUT2D eigenvalue weighted by Gasteiger charge is 2.20. The largest absolute Gasteiger partial charge is 0.363 e. The number of halogens is 1. The molecule has 0 aromatic carbocycles. The van der Waals surface area contributed by atoms with Crippen LogP contribution in [-0.4, -0.2) is 13.1 Å². The zero-order chi connectivity index (χ0) is 18.9. The fourth-order valence-corrected chi connectivity index (χ4v) is 6.66. The molecule has 0 N–H and O–H groups in total. The Balaban J connectivity index is 2.18. The smallest absolute Gasteiger partial charge is 0.0930 e. The molecule has 0 aliphatic carbocycles. The lowest BCUT2D eigenvalue weighted by atomic mass is 9.96. The predicted molar refractivity (Wildman–Crippen MR) is 126 cm³/mol. The second-order valence-electron chi connectivity index (χ2n) is 7.60. The molecule has 0 spiro atoms. The van der Waals surface area contributed by atoms with E-state index in [0.29, 0.717) is 0 Å². The molecule has 1 nitrogen and oxygen atoms in total. The number of anilines is 1. The molecule has 0 amide bonds. The van der Waals surface area contributed by atoms with E-state index >= 15 is 0 Å². The van der Waals surface area contributed by atoms with Crippen LogP contribution >= 0.6 is 38.6 Å². The number of fused-ring (bicyclic) bond motifs is 1. The van der Waals surface area contributed by atoms with Crippen molar-refractivity contribution in [3.63, 3.8) is 0 Å². The van der Waals surface area contributed by atoms with Crippen LogP contribution in [0, 0.1) is 11.8 Å². The van der Waals surface area contributed by atoms with E-state index in [2.05, 4.69) is 60.0 Å². The molecular formula is C22H36BrNS2. The van der Waals surface area contributed by atoms with Crippen molar-refractivity contribution >= 4 is 53.0 Å². The Labute approximate surface area is 177 Å². The van der Waals surface area contributed by atoms with Crippen LogP contribution in [0.4, 0.5) is 5.00 Å². The number of hydrogen-bond donors (Lipinski definition) is 0. The van der Waals surface area contributed by atoms with Gasteiger partial charge in [0.2, 0.25) is 0 Å². The van der Waals surface area contributed by atoms with Gasteiger partial charge in [-0.2, -0.15) is 0 Å². The standard InChI is InChI=1S/C22H36BrNS2/c1-5-9-11-17(7-3)14-24(15-18(8-4)12-10-6-2)21-13-20-22(26-21)19(23)16-25-20/h13,16-18H,5-12,14-15H2,1-4H3. The maximum atomic E-state index is 3.73. The van der Waals surface area contributed by atoms with Crippen molar-refractivity contribution in [2.75, 3.05) is 18.0 Å². The Bertz CT molecular complexity index is 615. The average Bonchev–Trinajstić information content (AvgIpc) is 3.22. The third-order valence-electron chi connectivity index (χ3n) is 5.55. The van der Waals surface area contributed by atoms with Crippen molar-refractivity contribution in [1.82, 2.24) is 0 Å². The van der Waals surface area contributed by atoms with Gasteiger partial charge in [0, 0.05) is 27.6 Å². The first-order valence-corrected chi connectivity index (χ1v) is 13.0. The Morgan fingerprint density at radius 2 is 1.54 bits per heavy atom. The molecule has 0 fully saturated rings. The summed E-state index contributed by atoms with van der Waals surface area (Å²) in [6.45, 7) is 11.8. The van der Waals surface area contributed by atoms with Gasteiger partial charge in [-0.1, -0.05) is 66.2 Å². The summed E-state index contributed by atoms with van der Waals surface area (Å²) in [6.07, 6.45) is 10.7. The first-order chi connectivity index (χ1) is 12.6. The fourth-order valence-electron chi connectivity index (χ4n) is 3.65. The lowest BCUT2D eigenvalue weighted by Crippen LogP contribution is -2.33. The lowest BCUT2D eigenvalue weighted by Gasteiger charge is -2.31. The zero-order valence-electron chi connectivity index (χ0n) is 17.0. The molecule has 0 bridgehead atoms. The molecule has 2 aromatic heterocycles. The molecule has 4 heteroatoms. The van der Waals surface area contributed by atoms with Crippen LogP contribution in [0.3, 0.4) is 0 Å². The van der Waals surface area contributed by atoms with E-state index in [-0.39, 0.29) is 0 Å². The Morgan fingerprint density at radius 3 is 2.00 bits per heavy atom. The quantitative estimate of drug-likeness (QED) is 0.289. The summed E-state index contributed by atoms with van der Waals surface area (Å²) in [5.41, 5.74) is 0. The molecule has 0 saturated carbocycles. The monoisotopic (exact) mass is 457 g/mol. The van der Waals surface area contributed by atoms with E-state index in [0.717, 1.165) is 11.8 Å². The maximum absolute atomic E-state index is 3.73. The molecule has 2 heterocycles. The minimum absolute atomic E-state index is 0.821. The van der Waals surface area contributed by atoms with Crippen LogP contribution in [-0.2, 0) is 0 Å². The van der Waals surface area contributed by atoms with Crippen molar-refractivity contribution in [3.05, 3.63) is 15.9 Å². The molecule has 2 atom stereocenters. The van der Waals surface area contributed by atoms with Crippen molar-refractivity contribution in [3.8, 4) is 0 Å². The van der Waals surface area contributed by atoms with Gasteiger partial charge in [0.1, 0.15) is 0 Å². The number of nitrogens with zero attached hydrogens (tertiary/aromatic N) is 1. The van der Waals surface area contributed by atoms with Gasteiger partial charge >= 0.3 is 0 Å². The Hall–Kier alpha value is -0.0600. The molecule has 0 radical (unpaired) electrons. The van der Waals surface area contributed by atoms with Gasteiger partial charge in [-0.05, 0) is 46.7 Å². The first kappa shape index (κ1) is 22.2. The van der Waals surface area contributed by atoms with E-state index in [4.69, 9.17) is 0 Å². The van der Waals surface area contributed by atoms with Gasteiger partial charge in [-0.25, -0.2) is 0 Å². The number of thiophene rings is 2. The van der Waals surface area contributed by atoms with Crippen LogP contribution < -0.4 is 4.90 Å². The van der Waals surface area contributed by atoms with E-state index in [1.165, 1.54) is 83.3 Å². The minimum atomic E-state index is 0.821. The van der Waals surface area contributed by atoms with Crippen LogP contribution in [0.1, 0.15) is 79.1 Å². The van der Waals surface area contributed by atoms with Gasteiger partial charge in [0.05, 0.1) is 9.70 Å². The average molecular weight is 459 g/mol. The van der Waals surface area contributed by atoms with Crippen LogP contribution in [0.25, 0.3) is 9.40 Å². The van der Waals surface area contributed by atoms with Crippen molar-refractivity contribution in [2.45, 2.75) is 79.1 Å². The third kappa shape index (κ3) is 6.24. The van der Waals surface area contributed by atoms with Crippen LogP contribution in [0.15, 0.2) is 15.9 Å². The third-order valence-corrected chi connectivity index (χ3v) is 9.03. The molecule has 2 aromatic rings. The van der Waals surface area contributed by atoms with E-state index in [1.807, 2.05) is 22.7 Å². The van der Waals surface area contributed by atoms with E-state index in [1.54, 1.807) is 0 Å². The summed E-state index contributed by atoms with van der Waals surface area (Å²) in [4.78, 5) is 2.73. The molecule has 2 unspecified atom stereocenters. The molecule has 26 heavy (non-hydrogen) atoms. The Morgan fingerprint density at radius 1 is 0.962 bits per heavy atom. The minimum Gasteiger partial charge on any atom is -0.363 e. The summed E-state index contributed by atoms with van der Waals surface area (Å²) >= 11 is 7.58. The summed E-state index contributed by atoms with van der Waals surface area (Å²) in [5, 5.41) is 3.71. The molecule has 0 aliphatic heterocycles. The molecule has 0 aliphatic rings.